The first-order chi connectivity index (χ1) is 11.0. The van der Waals surface area contributed by atoms with E-state index in [4.69, 9.17) is 4.42 Å². The third kappa shape index (κ3) is 3.63. The van der Waals surface area contributed by atoms with Crippen LogP contribution in [0, 0.1) is 6.92 Å². The maximum absolute atomic E-state index is 12.5. The highest BCUT2D eigenvalue weighted by atomic mass is 32.2. The van der Waals surface area contributed by atoms with E-state index in [2.05, 4.69) is 4.72 Å². The average molecular weight is 327 g/mol. The smallest absolute Gasteiger partial charge is 0.261 e. The fraction of sp³-hybridized carbons (Fsp3) is 0.111. The molecule has 0 fully saturated rings. The molecule has 3 aromatic rings. The van der Waals surface area contributed by atoms with Crippen molar-refractivity contribution in [2.75, 3.05) is 4.72 Å². The maximum Gasteiger partial charge on any atom is 0.261 e. The summed E-state index contributed by atoms with van der Waals surface area (Å²) in [5.41, 5.74) is 2.43. The van der Waals surface area contributed by atoms with Crippen molar-refractivity contribution in [3.63, 3.8) is 0 Å². The molecule has 0 aliphatic carbocycles. The monoisotopic (exact) mass is 327 g/mol. The number of sulfonamides is 1. The molecular formula is C18H17NO3S. The molecule has 0 aliphatic rings. The van der Waals surface area contributed by atoms with Gasteiger partial charge in [0.25, 0.3) is 10.0 Å². The minimum Gasteiger partial charge on any atom is -0.469 e. The van der Waals surface area contributed by atoms with Crippen LogP contribution >= 0.6 is 0 Å². The van der Waals surface area contributed by atoms with Gasteiger partial charge < -0.3 is 4.42 Å². The predicted octanol–water partition coefficient (Wildman–Crippen LogP) is 3.98. The molecule has 0 aliphatic heterocycles. The van der Waals surface area contributed by atoms with Crippen LogP contribution in [0.15, 0.2) is 76.2 Å². The zero-order valence-electron chi connectivity index (χ0n) is 12.7. The minimum absolute atomic E-state index is 0.246. The zero-order valence-corrected chi connectivity index (χ0v) is 13.5. The van der Waals surface area contributed by atoms with Gasteiger partial charge in [-0.15, -0.1) is 0 Å². The van der Waals surface area contributed by atoms with Crippen LogP contribution in [0.2, 0.25) is 0 Å². The van der Waals surface area contributed by atoms with Crippen LogP contribution in [-0.2, 0) is 16.4 Å². The fourth-order valence-corrected chi connectivity index (χ4v) is 3.40. The number of benzene rings is 2. The van der Waals surface area contributed by atoms with Gasteiger partial charge in [0.15, 0.2) is 0 Å². The van der Waals surface area contributed by atoms with Gasteiger partial charge in [0.1, 0.15) is 5.76 Å². The third-order valence-electron chi connectivity index (χ3n) is 3.54. The lowest BCUT2D eigenvalue weighted by atomic mass is 10.1. The minimum atomic E-state index is -3.61. The van der Waals surface area contributed by atoms with Crippen molar-refractivity contribution in [3.05, 3.63) is 83.8 Å². The molecular weight excluding hydrogens is 310 g/mol. The maximum atomic E-state index is 12.5. The van der Waals surface area contributed by atoms with Gasteiger partial charge in [0.2, 0.25) is 0 Å². The highest BCUT2D eigenvalue weighted by Crippen LogP contribution is 2.23. The van der Waals surface area contributed by atoms with Crippen LogP contribution < -0.4 is 4.72 Å². The molecule has 4 nitrogen and oxygen atoms in total. The Bertz CT molecular complexity index is 882. The Kier molecular flexibility index (Phi) is 4.21. The van der Waals surface area contributed by atoms with Crippen molar-refractivity contribution in [3.8, 4) is 0 Å². The van der Waals surface area contributed by atoms with Crippen molar-refractivity contribution in [2.24, 2.45) is 0 Å². The molecule has 23 heavy (non-hydrogen) atoms. The number of rotatable bonds is 5. The molecule has 2 aromatic carbocycles. The van der Waals surface area contributed by atoms with Gasteiger partial charge in [-0.3, -0.25) is 4.72 Å². The van der Waals surface area contributed by atoms with Gasteiger partial charge in [-0.05, 0) is 42.8 Å². The standard InChI is InChI=1S/C18H17NO3S/c1-14-8-10-17(11-9-14)23(20,21)19-18-7-3-2-5-15(18)13-16-6-4-12-22-16/h2-12,19H,13H2,1H3. The molecule has 0 bridgehead atoms. The molecule has 118 valence electrons. The van der Waals surface area contributed by atoms with Gasteiger partial charge in [0, 0.05) is 6.42 Å². The summed E-state index contributed by atoms with van der Waals surface area (Å²) in [6.07, 6.45) is 2.13. The van der Waals surface area contributed by atoms with Gasteiger partial charge in [0.05, 0.1) is 16.8 Å². The van der Waals surface area contributed by atoms with Crippen molar-refractivity contribution in [1.29, 1.82) is 0 Å². The molecule has 0 saturated heterocycles. The van der Waals surface area contributed by atoms with E-state index in [0.29, 0.717) is 12.1 Å². The first kappa shape index (κ1) is 15.4. The number of aryl methyl sites for hydroxylation is 1. The van der Waals surface area contributed by atoms with E-state index in [1.54, 1.807) is 42.7 Å². The number of anilines is 1. The number of hydrogen-bond acceptors (Lipinski definition) is 3. The van der Waals surface area contributed by atoms with Crippen LogP contribution in [-0.4, -0.2) is 8.42 Å². The van der Waals surface area contributed by atoms with Gasteiger partial charge in [-0.1, -0.05) is 35.9 Å². The van der Waals surface area contributed by atoms with Crippen molar-refractivity contribution >= 4 is 15.7 Å². The van der Waals surface area contributed by atoms with E-state index >= 15 is 0 Å². The first-order valence-corrected chi connectivity index (χ1v) is 8.73. The second-order valence-electron chi connectivity index (χ2n) is 5.33. The number of furan rings is 1. The van der Waals surface area contributed by atoms with E-state index in [9.17, 15) is 8.42 Å². The summed E-state index contributed by atoms with van der Waals surface area (Å²) in [5.74, 6) is 0.784. The Hall–Kier alpha value is -2.53. The van der Waals surface area contributed by atoms with Crippen LogP contribution in [0.1, 0.15) is 16.9 Å². The Morgan fingerprint density at radius 1 is 0.957 bits per heavy atom. The molecule has 1 aromatic heterocycles. The van der Waals surface area contributed by atoms with E-state index in [1.807, 2.05) is 31.2 Å². The SMILES string of the molecule is Cc1ccc(S(=O)(=O)Nc2ccccc2Cc2ccco2)cc1. The van der Waals surface area contributed by atoms with Gasteiger partial charge >= 0.3 is 0 Å². The lowest BCUT2D eigenvalue weighted by Gasteiger charge is -2.12. The largest absolute Gasteiger partial charge is 0.469 e. The summed E-state index contributed by atoms with van der Waals surface area (Å²) in [4.78, 5) is 0.246. The van der Waals surface area contributed by atoms with Crippen molar-refractivity contribution in [2.45, 2.75) is 18.2 Å². The van der Waals surface area contributed by atoms with Crippen molar-refractivity contribution < 1.29 is 12.8 Å². The number of nitrogens with one attached hydrogen (secondary N) is 1. The Balaban J connectivity index is 1.89. The average Bonchev–Trinajstić information content (AvgIpc) is 3.02. The molecule has 0 spiro atoms. The molecule has 0 amide bonds. The predicted molar refractivity (Wildman–Crippen MR) is 89.9 cm³/mol. The van der Waals surface area contributed by atoms with E-state index < -0.39 is 10.0 Å². The molecule has 0 atom stereocenters. The van der Waals surface area contributed by atoms with Gasteiger partial charge in [-0.25, -0.2) is 8.42 Å². The van der Waals surface area contributed by atoms with Gasteiger partial charge in [-0.2, -0.15) is 0 Å². The third-order valence-corrected chi connectivity index (χ3v) is 4.92. The topological polar surface area (TPSA) is 59.3 Å². The lowest BCUT2D eigenvalue weighted by Crippen LogP contribution is -2.14. The Labute approximate surface area is 135 Å². The van der Waals surface area contributed by atoms with Crippen LogP contribution in [0.25, 0.3) is 0 Å². The summed E-state index contributed by atoms with van der Waals surface area (Å²) in [5, 5.41) is 0. The first-order valence-electron chi connectivity index (χ1n) is 7.24. The fourth-order valence-electron chi connectivity index (χ4n) is 2.30. The summed E-state index contributed by atoms with van der Waals surface area (Å²) in [6.45, 7) is 1.92. The number of hydrogen-bond donors (Lipinski definition) is 1. The summed E-state index contributed by atoms with van der Waals surface area (Å²) < 4.78 is 33.1. The van der Waals surface area contributed by atoms with E-state index in [0.717, 1.165) is 16.9 Å². The highest BCUT2D eigenvalue weighted by molar-refractivity contribution is 7.92. The normalized spacial score (nSPS) is 11.3. The van der Waals surface area contributed by atoms with Crippen LogP contribution in [0.5, 0.6) is 0 Å². The van der Waals surface area contributed by atoms with E-state index in [-0.39, 0.29) is 4.90 Å². The molecule has 5 heteroatoms. The molecule has 1 heterocycles. The Morgan fingerprint density at radius 3 is 2.39 bits per heavy atom. The highest BCUT2D eigenvalue weighted by Gasteiger charge is 2.16. The Morgan fingerprint density at radius 2 is 1.70 bits per heavy atom. The molecule has 3 rings (SSSR count). The van der Waals surface area contributed by atoms with Crippen LogP contribution in [0.4, 0.5) is 5.69 Å². The summed E-state index contributed by atoms with van der Waals surface area (Å²) in [6, 6.07) is 17.8. The molecule has 0 saturated carbocycles. The van der Waals surface area contributed by atoms with E-state index in [1.165, 1.54) is 0 Å². The lowest BCUT2D eigenvalue weighted by molar-refractivity contribution is 0.521. The van der Waals surface area contributed by atoms with Crippen molar-refractivity contribution in [1.82, 2.24) is 0 Å². The quantitative estimate of drug-likeness (QED) is 0.771. The molecule has 0 unspecified atom stereocenters. The summed E-state index contributed by atoms with van der Waals surface area (Å²) in [7, 11) is -3.61. The second kappa shape index (κ2) is 6.30. The van der Waals surface area contributed by atoms with Crippen LogP contribution in [0.3, 0.4) is 0 Å². The summed E-state index contributed by atoms with van der Waals surface area (Å²) >= 11 is 0. The second-order valence-corrected chi connectivity index (χ2v) is 7.01. The molecule has 1 N–H and O–H groups in total. The molecule has 0 radical (unpaired) electrons. The number of para-hydroxylation sites is 1. The zero-order chi connectivity index (χ0) is 16.3.